The minimum absolute atomic E-state index is 0.0148. The Labute approximate surface area is 345 Å². The third-order valence-electron chi connectivity index (χ3n) is 9.44. The van der Waals surface area contributed by atoms with E-state index in [9.17, 15) is 25.9 Å². The van der Waals surface area contributed by atoms with Crippen molar-refractivity contribution in [3.63, 3.8) is 0 Å². The number of nitrogens with one attached hydrogen (secondary N) is 2. The number of hydrogen-bond donors (Lipinski definition) is 4. The van der Waals surface area contributed by atoms with Crippen LogP contribution in [0.3, 0.4) is 0 Å². The highest BCUT2D eigenvalue weighted by molar-refractivity contribution is 7.86. The second-order valence-electron chi connectivity index (χ2n) is 13.5. The molecule has 6 aromatic rings. The fraction of sp³-hybridized carbons (Fsp3) is 0.200. The van der Waals surface area contributed by atoms with E-state index >= 15 is 0 Å². The van der Waals surface area contributed by atoms with Gasteiger partial charge in [0, 0.05) is 48.7 Å². The van der Waals surface area contributed by atoms with Crippen molar-refractivity contribution in [2.24, 2.45) is 0 Å². The van der Waals surface area contributed by atoms with Gasteiger partial charge in [-0.3, -0.25) is 9.11 Å². The molecular weight excluding hydrogens is 813 g/mol. The number of hydrogen-bond acceptors (Lipinski definition) is 16. The van der Waals surface area contributed by atoms with Crippen LogP contribution in [-0.2, 0) is 29.7 Å². The number of benzene rings is 4. The first-order chi connectivity index (χ1) is 29.0. The molecule has 2 saturated heterocycles. The lowest BCUT2D eigenvalue weighted by molar-refractivity contribution is 0.122. The summed E-state index contributed by atoms with van der Waals surface area (Å²) in [6, 6.07) is 26.9. The summed E-state index contributed by atoms with van der Waals surface area (Å²) in [5.41, 5.74) is 1.97. The molecule has 4 heterocycles. The van der Waals surface area contributed by atoms with E-state index in [1.807, 2.05) is 70.5 Å². The number of anilines is 6. The van der Waals surface area contributed by atoms with Crippen molar-refractivity contribution < 1.29 is 35.4 Å². The summed E-state index contributed by atoms with van der Waals surface area (Å²) < 4.78 is 83.2. The molecule has 2 aliphatic heterocycles. The van der Waals surface area contributed by atoms with E-state index in [0.717, 1.165) is 11.4 Å². The highest BCUT2D eigenvalue weighted by atomic mass is 32.2. The first-order valence-corrected chi connectivity index (χ1v) is 21.6. The minimum Gasteiger partial charge on any atom is -0.378 e. The average molecular weight is 851 g/mol. The van der Waals surface area contributed by atoms with Crippen LogP contribution in [0.15, 0.2) is 107 Å². The van der Waals surface area contributed by atoms with Gasteiger partial charge in [0.25, 0.3) is 20.2 Å². The van der Waals surface area contributed by atoms with Gasteiger partial charge in [-0.15, -0.1) is 0 Å². The average Bonchev–Trinajstić information content (AvgIpc) is 3.26. The van der Waals surface area contributed by atoms with Gasteiger partial charge in [0.2, 0.25) is 23.8 Å². The van der Waals surface area contributed by atoms with Crippen LogP contribution in [-0.4, -0.2) is 108 Å². The zero-order chi connectivity index (χ0) is 41.7. The summed E-state index contributed by atoms with van der Waals surface area (Å²) in [6.45, 7) is 3.99. The van der Waals surface area contributed by atoms with Crippen molar-refractivity contribution in [3.05, 3.63) is 108 Å². The van der Waals surface area contributed by atoms with Crippen molar-refractivity contribution in [3.8, 4) is 22.8 Å². The third-order valence-corrected chi connectivity index (χ3v) is 11.3. The molecule has 8 rings (SSSR count). The van der Waals surface area contributed by atoms with Crippen molar-refractivity contribution >= 4 is 67.6 Å². The first kappa shape index (κ1) is 40.4. The van der Waals surface area contributed by atoms with E-state index < -0.39 is 30.0 Å². The third kappa shape index (κ3) is 9.71. The van der Waals surface area contributed by atoms with Gasteiger partial charge in [0.05, 0.1) is 26.4 Å². The Hall–Kier alpha value is -6.42. The quantitative estimate of drug-likeness (QED) is 0.0913. The van der Waals surface area contributed by atoms with Crippen LogP contribution in [0.1, 0.15) is 11.1 Å². The Bertz CT molecular complexity index is 2560. The molecule has 0 spiro atoms. The van der Waals surface area contributed by atoms with E-state index in [4.69, 9.17) is 9.47 Å². The fourth-order valence-electron chi connectivity index (χ4n) is 6.46. The van der Waals surface area contributed by atoms with Gasteiger partial charge in [-0.25, -0.2) is 0 Å². The Balaban J connectivity index is 1.14. The summed E-state index contributed by atoms with van der Waals surface area (Å²) in [5.74, 6) is 1.38. The van der Waals surface area contributed by atoms with E-state index in [2.05, 4.69) is 40.5 Å². The van der Waals surface area contributed by atoms with Gasteiger partial charge in [-0.05, 0) is 47.5 Å². The maximum absolute atomic E-state index is 12.8. The molecule has 4 N–H and O–H groups in total. The lowest BCUT2D eigenvalue weighted by Crippen LogP contribution is -2.37. The van der Waals surface area contributed by atoms with E-state index in [-0.39, 0.29) is 45.8 Å². The van der Waals surface area contributed by atoms with Gasteiger partial charge in [-0.1, -0.05) is 72.8 Å². The van der Waals surface area contributed by atoms with Crippen LogP contribution < -0.4 is 20.4 Å². The van der Waals surface area contributed by atoms with Gasteiger partial charge >= 0.3 is 0 Å². The molecule has 0 saturated carbocycles. The van der Waals surface area contributed by atoms with Gasteiger partial charge in [0.1, 0.15) is 9.79 Å². The van der Waals surface area contributed by atoms with Gasteiger partial charge < -0.3 is 29.9 Å². The molecule has 18 nitrogen and oxygen atoms in total. The molecule has 2 aromatic heterocycles. The standard InChI is InChI=1S/C40H38N10O8S2/c51-59(52,53)33-25-29(35-43-37(41-31-7-3-1-4-8-31)47-39(45-35)49-17-21-57-22-18-49)15-13-27(33)11-12-28-14-16-30(26-34(28)60(54,55)56)36-44-38(42-32-9-5-2-6-10-32)48-40(46-36)50-19-23-58-24-20-50/h1-16,25-26H,17-24H2,(H,51,52,53)(H,54,55,56)(H,41,43,45,47)(H,42,44,46,48). The summed E-state index contributed by atoms with van der Waals surface area (Å²) in [4.78, 5) is 30.5. The number of nitrogens with zero attached hydrogens (tertiary/aromatic N) is 8. The summed E-state index contributed by atoms with van der Waals surface area (Å²) in [5, 5.41) is 6.32. The first-order valence-electron chi connectivity index (χ1n) is 18.7. The molecule has 0 unspecified atom stereocenters. The highest BCUT2D eigenvalue weighted by Gasteiger charge is 2.23. The zero-order valence-electron chi connectivity index (χ0n) is 31.8. The summed E-state index contributed by atoms with van der Waals surface area (Å²) in [6.07, 6.45) is 2.62. The molecule has 0 atom stereocenters. The molecule has 2 aliphatic rings. The van der Waals surface area contributed by atoms with Gasteiger partial charge in [-0.2, -0.15) is 46.7 Å². The normalized spacial score (nSPS) is 15.0. The predicted molar refractivity (Wildman–Crippen MR) is 225 cm³/mol. The largest absolute Gasteiger partial charge is 0.378 e. The molecule has 60 heavy (non-hydrogen) atoms. The Morgan fingerprint density at radius 3 is 1.27 bits per heavy atom. The van der Waals surface area contributed by atoms with E-state index in [1.54, 1.807) is 12.1 Å². The van der Waals surface area contributed by atoms with Crippen molar-refractivity contribution in [2.75, 3.05) is 73.0 Å². The smallest absolute Gasteiger partial charge is 0.295 e. The number of morpholine rings is 2. The summed E-state index contributed by atoms with van der Waals surface area (Å²) in [7, 11) is -9.70. The molecule has 4 aromatic carbocycles. The topological polar surface area (TPSA) is 235 Å². The van der Waals surface area contributed by atoms with E-state index in [0.29, 0.717) is 64.5 Å². The molecule has 0 amide bonds. The van der Waals surface area contributed by atoms with E-state index in [1.165, 1.54) is 36.4 Å². The summed E-state index contributed by atoms with van der Waals surface area (Å²) >= 11 is 0. The van der Waals surface area contributed by atoms with Crippen LogP contribution in [0, 0.1) is 0 Å². The Kier molecular flexibility index (Phi) is 11.7. The fourth-order valence-corrected chi connectivity index (χ4v) is 7.88. The lowest BCUT2D eigenvalue weighted by Gasteiger charge is -2.27. The second kappa shape index (κ2) is 17.4. The molecule has 0 bridgehead atoms. The zero-order valence-corrected chi connectivity index (χ0v) is 33.4. The van der Waals surface area contributed by atoms with Crippen molar-refractivity contribution in [1.82, 2.24) is 29.9 Å². The van der Waals surface area contributed by atoms with Crippen LogP contribution in [0.5, 0.6) is 0 Å². The molecule has 20 heteroatoms. The molecule has 0 aliphatic carbocycles. The van der Waals surface area contributed by atoms with Crippen LogP contribution in [0.25, 0.3) is 34.9 Å². The van der Waals surface area contributed by atoms with Crippen LogP contribution >= 0.6 is 0 Å². The monoisotopic (exact) mass is 850 g/mol. The maximum Gasteiger partial charge on any atom is 0.295 e. The SMILES string of the molecule is O=S(=O)(O)c1cc(-c2nc(Nc3ccccc3)nc(N3CCOCC3)n2)ccc1C=Cc1ccc(-c2nc(Nc3ccccc3)nc(N3CCOCC3)n2)cc1S(=O)(=O)O. The number of aromatic nitrogens is 6. The number of para-hydroxylation sites is 2. The Morgan fingerprint density at radius 2 is 0.900 bits per heavy atom. The second-order valence-corrected chi connectivity index (χ2v) is 16.3. The number of ether oxygens (including phenoxy) is 2. The Morgan fingerprint density at radius 1 is 0.517 bits per heavy atom. The maximum atomic E-state index is 12.8. The van der Waals surface area contributed by atoms with Crippen LogP contribution in [0.2, 0.25) is 0 Å². The predicted octanol–water partition coefficient (Wildman–Crippen LogP) is 5.21. The van der Waals surface area contributed by atoms with Crippen molar-refractivity contribution in [1.29, 1.82) is 0 Å². The van der Waals surface area contributed by atoms with Crippen molar-refractivity contribution in [2.45, 2.75) is 9.79 Å². The molecule has 2 fully saturated rings. The highest BCUT2D eigenvalue weighted by Crippen LogP contribution is 2.31. The molecular formula is C40H38N10O8S2. The van der Waals surface area contributed by atoms with Gasteiger partial charge in [0.15, 0.2) is 11.6 Å². The number of rotatable bonds is 12. The lowest BCUT2D eigenvalue weighted by atomic mass is 10.1. The minimum atomic E-state index is -4.85. The molecule has 0 radical (unpaired) electrons. The van der Waals surface area contributed by atoms with Crippen LogP contribution in [0.4, 0.5) is 35.2 Å². The molecule has 308 valence electrons.